The number of rotatable bonds is 3. The summed E-state index contributed by atoms with van der Waals surface area (Å²) in [7, 11) is 0. The Morgan fingerprint density at radius 2 is 2.19 bits per heavy atom. The van der Waals surface area contributed by atoms with Crippen molar-refractivity contribution in [3.8, 4) is 0 Å². The first-order chi connectivity index (χ1) is 7.49. The number of aryl methyl sites for hydroxylation is 1. The minimum absolute atomic E-state index is 0.471. The molecule has 1 aromatic rings. The molecule has 0 atom stereocenters. The first kappa shape index (κ1) is 13.0. The van der Waals surface area contributed by atoms with E-state index in [1.165, 1.54) is 0 Å². The van der Waals surface area contributed by atoms with Crippen molar-refractivity contribution in [2.75, 3.05) is 11.9 Å². The van der Waals surface area contributed by atoms with Gasteiger partial charge in [-0.1, -0.05) is 29.8 Å². The lowest BCUT2D eigenvalue weighted by Crippen LogP contribution is -2.23. The number of anilines is 1. The molecule has 0 spiro atoms. The highest BCUT2D eigenvalue weighted by Gasteiger charge is 2.00. The second-order valence-electron chi connectivity index (χ2n) is 4.20. The van der Waals surface area contributed by atoms with Gasteiger partial charge in [-0.15, -0.1) is 0 Å². The van der Waals surface area contributed by atoms with Crippen LogP contribution in [0.1, 0.15) is 19.4 Å². The van der Waals surface area contributed by atoms with Gasteiger partial charge in [0.15, 0.2) is 5.96 Å². The molecular formula is C12H18BrN3. The minimum atomic E-state index is 0.471. The third-order valence-corrected chi connectivity index (χ3v) is 2.57. The van der Waals surface area contributed by atoms with Crippen LogP contribution < -0.4 is 11.1 Å². The van der Waals surface area contributed by atoms with Gasteiger partial charge >= 0.3 is 0 Å². The van der Waals surface area contributed by atoms with E-state index in [-0.39, 0.29) is 0 Å². The summed E-state index contributed by atoms with van der Waals surface area (Å²) >= 11 is 3.42. The number of aliphatic imine (C=N–C) groups is 1. The van der Waals surface area contributed by atoms with Gasteiger partial charge < -0.3 is 11.1 Å². The molecule has 0 unspecified atom stereocenters. The molecule has 3 N–H and O–H groups in total. The molecule has 0 heterocycles. The quantitative estimate of drug-likeness (QED) is 0.661. The molecule has 1 aromatic carbocycles. The zero-order chi connectivity index (χ0) is 12.1. The van der Waals surface area contributed by atoms with Crippen molar-refractivity contribution in [3.63, 3.8) is 0 Å². The first-order valence-corrected chi connectivity index (χ1v) is 6.11. The Balaban J connectivity index is 2.69. The molecule has 4 heteroatoms. The maximum absolute atomic E-state index is 5.79. The van der Waals surface area contributed by atoms with E-state index in [0.717, 1.165) is 22.3 Å². The van der Waals surface area contributed by atoms with Crippen molar-refractivity contribution in [1.82, 2.24) is 0 Å². The molecule has 0 radical (unpaired) electrons. The Labute approximate surface area is 105 Å². The maximum Gasteiger partial charge on any atom is 0.193 e. The Hall–Kier alpha value is -1.03. The summed E-state index contributed by atoms with van der Waals surface area (Å²) in [6.45, 7) is 7.00. The number of nitrogens with zero attached hydrogens (tertiary/aromatic N) is 1. The summed E-state index contributed by atoms with van der Waals surface area (Å²) in [5.74, 6) is 0.991. The number of hydrogen-bond acceptors (Lipinski definition) is 1. The van der Waals surface area contributed by atoms with Crippen LogP contribution in [0.3, 0.4) is 0 Å². The molecule has 16 heavy (non-hydrogen) atoms. The highest BCUT2D eigenvalue weighted by Crippen LogP contribution is 2.19. The average molecular weight is 284 g/mol. The number of guanidine groups is 1. The number of nitrogens with two attached hydrogens (primary N) is 1. The second kappa shape index (κ2) is 5.89. The molecule has 0 amide bonds. The molecule has 0 aliphatic heterocycles. The van der Waals surface area contributed by atoms with Crippen LogP contribution in [-0.2, 0) is 0 Å². The highest BCUT2D eigenvalue weighted by atomic mass is 79.9. The summed E-state index contributed by atoms with van der Waals surface area (Å²) in [5.41, 5.74) is 7.92. The van der Waals surface area contributed by atoms with E-state index in [2.05, 4.69) is 40.1 Å². The van der Waals surface area contributed by atoms with Crippen LogP contribution in [0.2, 0.25) is 0 Å². The van der Waals surface area contributed by atoms with Gasteiger partial charge in [-0.05, 0) is 36.6 Å². The normalized spacial score (nSPS) is 11.9. The van der Waals surface area contributed by atoms with Crippen LogP contribution in [0.5, 0.6) is 0 Å². The summed E-state index contributed by atoms with van der Waals surface area (Å²) in [6, 6.07) is 6.00. The number of halogens is 1. The fourth-order valence-electron chi connectivity index (χ4n) is 1.23. The summed E-state index contributed by atoms with van der Waals surface area (Å²) in [5, 5.41) is 3.10. The average Bonchev–Trinajstić information content (AvgIpc) is 2.19. The van der Waals surface area contributed by atoms with E-state index < -0.39 is 0 Å². The fraction of sp³-hybridized carbons (Fsp3) is 0.417. The molecule has 0 bridgehead atoms. The van der Waals surface area contributed by atoms with E-state index in [1.54, 1.807) is 0 Å². The molecule has 3 nitrogen and oxygen atoms in total. The van der Waals surface area contributed by atoms with E-state index in [4.69, 9.17) is 5.73 Å². The SMILES string of the molecule is Cc1cc(Br)ccc1NC(N)=NCC(C)C. The minimum Gasteiger partial charge on any atom is -0.370 e. The molecule has 88 valence electrons. The zero-order valence-electron chi connectivity index (χ0n) is 9.92. The molecule has 0 saturated heterocycles. The zero-order valence-corrected chi connectivity index (χ0v) is 11.5. The van der Waals surface area contributed by atoms with Crippen molar-refractivity contribution >= 4 is 27.6 Å². The predicted molar refractivity (Wildman–Crippen MR) is 73.8 cm³/mol. The summed E-state index contributed by atoms with van der Waals surface area (Å²) < 4.78 is 1.06. The molecule has 0 saturated carbocycles. The lowest BCUT2D eigenvalue weighted by Gasteiger charge is -2.09. The van der Waals surface area contributed by atoms with Crippen LogP contribution in [0.15, 0.2) is 27.7 Å². The standard InChI is InChI=1S/C12H18BrN3/c1-8(2)7-15-12(14)16-11-5-4-10(13)6-9(11)3/h4-6,8H,7H2,1-3H3,(H3,14,15,16). The smallest absolute Gasteiger partial charge is 0.193 e. The van der Waals surface area contributed by atoms with Crippen molar-refractivity contribution in [2.45, 2.75) is 20.8 Å². The van der Waals surface area contributed by atoms with E-state index >= 15 is 0 Å². The van der Waals surface area contributed by atoms with Gasteiger partial charge in [-0.2, -0.15) is 0 Å². The van der Waals surface area contributed by atoms with Crippen molar-refractivity contribution in [1.29, 1.82) is 0 Å². The Bertz CT molecular complexity index is 386. The van der Waals surface area contributed by atoms with Crippen molar-refractivity contribution in [2.24, 2.45) is 16.6 Å². The van der Waals surface area contributed by atoms with Gasteiger partial charge in [0.2, 0.25) is 0 Å². The molecule has 1 rings (SSSR count). The van der Waals surface area contributed by atoms with E-state index in [9.17, 15) is 0 Å². The van der Waals surface area contributed by atoms with Gasteiger partial charge in [0, 0.05) is 16.7 Å². The largest absolute Gasteiger partial charge is 0.370 e. The van der Waals surface area contributed by atoms with Gasteiger partial charge in [-0.25, -0.2) is 0 Å². The van der Waals surface area contributed by atoms with Crippen molar-refractivity contribution in [3.05, 3.63) is 28.2 Å². The Kier molecular flexibility index (Phi) is 4.80. The highest BCUT2D eigenvalue weighted by molar-refractivity contribution is 9.10. The fourth-order valence-corrected chi connectivity index (χ4v) is 1.70. The number of hydrogen-bond donors (Lipinski definition) is 2. The van der Waals surface area contributed by atoms with Crippen LogP contribution >= 0.6 is 15.9 Å². The third-order valence-electron chi connectivity index (χ3n) is 2.08. The Morgan fingerprint density at radius 1 is 1.50 bits per heavy atom. The van der Waals surface area contributed by atoms with Crippen LogP contribution in [-0.4, -0.2) is 12.5 Å². The summed E-state index contributed by atoms with van der Waals surface area (Å²) in [6.07, 6.45) is 0. The molecular weight excluding hydrogens is 266 g/mol. The summed E-state index contributed by atoms with van der Waals surface area (Å²) in [4.78, 5) is 4.25. The van der Waals surface area contributed by atoms with E-state index in [0.29, 0.717) is 11.9 Å². The third kappa shape index (κ3) is 4.23. The Morgan fingerprint density at radius 3 is 2.75 bits per heavy atom. The number of benzene rings is 1. The van der Waals surface area contributed by atoms with Gasteiger partial charge in [0.1, 0.15) is 0 Å². The number of nitrogens with one attached hydrogen (secondary N) is 1. The van der Waals surface area contributed by atoms with Gasteiger partial charge in [0.25, 0.3) is 0 Å². The second-order valence-corrected chi connectivity index (χ2v) is 5.12. The topological polar surface area (TPSA) is 50.4 Å². The van der Waals surface area contributed by atoms with Crippen LogP contribution in [0, 0.1) is 12.8 Å². The van der Waals surface area contributed by atoms with Gasteiger partial charge in [-0.3, -0.25) is 4.99 Å². The first-order valence-electron chi connectivity index (χ1n) is 5.32. The maximum atomic E-state index is 5.79. The lowest BCUT2D eigenvalue weighted by molar-refractivity contribution is 0.665. The van der Waals surface area contributed by atoms with Crippen LogP contribution in [0.25, 0.3) is 0 Å². The molecule has 0 fully saturated rings. The molecule has 0 aliphatic carbocycles. The van der Waals surface area contributed by atoms with E-state index in [1.807, 2.05) is 25.1 Å². The molecule has 0 aromatic heterocycles. The van der Waals surface area contributed by atoms with Crippen LogP contribution in [0.4, 0.5) is 5.69 Å². The predicted octanol–water partition coefficient (Wildman–Crippen LogP) is 3.14. The monoisotopic (exact) mass is 283 g/mol. The van der Waals surface area contributed by atoms with Crippen molar-refractivity contribution < 1.29 is 0 Å². The van der Waals surface area contributed by atoms with Gasteiger partial charge in [0.05, 0.1) is 0 Å². The molecule has 0 aliphatic rings. The lowest BCUT2D eigenvalue weighted by atomic mass is 10.2.